The van der Waals surface area contributed by atoms with Crippen molar-refractivity contribution in [3.8, 4) is 5.75 Å². The molecular formula is C25H30N2O5. The van der Waals surface area contributed by atoms with E-state index in [-0.39, 0.29) is 23.6 Å². The number of aliphatic hydroxyl groups excluding tert-OH is 1. The number of carbonyl (C=O) groups excluding carboxylic acids is 2. The summed E-state index contributed by atoms with van der Waals surface area (Å²) in [6.07, 6.45) is 2.83. The zero-order valence-corrected chi connectivity index (χ0v) is 18.5. The van der Waals surface area contributed by atoms with Gasteiger partial charge in [0.1, 0.15) is 17.1 Å². The number of rotatable bonds is 9. The topological polar surface area (TPSA) is 113 Å². The fourth-order valence-corrected chi connectivity index (χ4v) is 4.24. The summed E-state index contributed by atoms with van der Waals surface area (Å²) in [7, 11) is 0. The summed E-state index contributed by atoms with van der Waals surface area (Å²) in [5.74, 6) is -0.971. The number of likely N-dealkylation sites (N-methyl/N-ethyl adjacent to an activating group) is 1. The van der Waals surface area contributed by atoms with E-state index in [4.69, 9.17) is 10.5 Å². The Morgan fingerprint density at radius 1 is 1.12 bits per heavy atom. The van der Waals surface area contributed by atoms with Crippen molar-refractivity contribution in [2.75, 3.05) is 11.4 Å². The molecule has 1 aliphatic heterocycles. The largest absolute Gasteiger partial charge is 0.510 e. The maximum absolute atomic E-state index is 13.1. The number of aliphatic hydroxyl groups is 1. The SMILES string of the molecule is CCCC1(CCc2ccc(O)cc2)CC(O)=C(N(CC)c2cccc(C(N)=O)c2)C(=O)O1. The van der Waals surface area contributed by atoms with Crippen LogP contribution in [0, 0.1) is 0 Å². The highest BCUT2D eigenvalue weighted by Crippen LogP contribution is 2.38. The van der Waals surface area contributed by atoms with Gasteiger partial charge in [-0.25, -0.2) is 4.79 Å². The molecule has 1 heterocycles. The average Bonchev–Trinajstić information content (AvgIpc) is 2.76. The van der Waals surface area contributed by atoms with Gasteiger partial charge in [0.2, 0.25) is 5.91 Å². The Labute approximate surface area is 188 Å². The van der Waals surface area contributed by atoms with Crippen LogP contribution in [0.15, 0.2) is 60.0 Å². The molecule has 1 unspecified atom stereocenters. The Bertz CT molecular complexity index is 1020. The van der Waals surface area contributed by atoms with Crippen molar-refractivity contribution in [3.05, 3.63) is 71.1 Å². The Morgan fingerprint density at radius 2 is 1.84 bits per heavy atom. The molecule has 32 heavy (non-hydrogen) atoms. The minimum absolute atomic E-state index is 0.0215. The number of phenolic OH excluding ortho intramolecular Hbond substituents is 1. The Hall–Kier alpha value is -3.48. The van der Waals surface area contributed by atoms with E-state index in [9.17, 15) is 19.8 Å². The molecule has 1 aliphatic rings. The number of nitrogens with two attached hydrogens (primary N) is 1. The standard InChI is InChI=1S/C25H30N2O5/c1-3-13-25(14-12-17-8-10-20(28)11-9-17)16-21(29)22(24(31)32-25)27(4-2)19-7-5-6-18(15-19)23(26)30/h5-11,15,28-29H,3-4,12-14,16H2,1-2H3,(H2,26,30). The number of aromatic hydroxyl groups is 1. The number of phenols is 1. The minimum atomic E-state index is -0.800. The van der Waals surface area contributed by atoms with Gasteiger partial charge in [-0.05, 0) is 62.1 Å². The van der Waals surface area contributed by atoms with Crippen molar-refractivity contribution in [3.63, 3.8) is 0 Å². The molecule has 7 nitrogen and oxygen atoms in total. The van der Waals surface area contributed by atoms with Crippen molar-refractivity contribution < 1.29 is 24.5 Å². The molecular weight excluding hydrogens is 408 g/mol. The van der Waals surface area contributed by atoms with E-state index >= 15 is 0 Å². The lowest BCUT2D eigenvalue weighted by Gasteiger charge is -2.39. The first kappa shape index (κ1) is 23.2. The van der Waals surface area contributed by atoms with Crippen molar-refractivity contribution in [1.82, 2.24) is 0 Å². The van der Waals surface area contributed by atoms with E-state index in [0.29, 0.717) is 37.1 Å². The number of anilines is 1. The summed E-state index contributed by atoms with van der Waals surface area (Å²) < 4.78 is 5.99. The lowest BCUT2D eigenvalue weighted by molar-refractivity contribution is -0.160. The number of ether oxygens (including phenoxy) is 1. The molecule has 0 bridgehead atoms. The number of esters is 1. The first-order valence-electron chi connectivity index (χ1n) is 10.9. The first-order valence-corrected chi connectivity index (χ1v) is 10.9. The van der Waals surface area contributed by atoms with E-state index < -0.39 is 17.5 Å². The third-order valence-electron chi connectivity index (χ3n) is 5.81. The number of amides is 1. The van der Waals surface area contributed by atoms with Crippen LogP contribution >= 0.6 is 0 Å². The number of nitrogens with zero attached hydrogens (tertiary/aromatic N) is 1. The number of hydrogen-bond donors (Lipinski definition) is 3. The summed E-state index contributed by atoms with van der Waals surface area (Å²) in [4.78, 5) is 26.3. The molecule has 0 radical (unpaired) electrons. The molecule has 2 aromatic rings. The molecule has 0 fully saturated rings. The van der Waals surface area contributed by atoms with Crippen LogP contribution in [0.1, 0.15) is 55.5 Å². The lowest BCUT2D eigenvalue weighted by atomic mass is 9.84. The van der Waals surface area contributed by atoms with Crippen molar-refractivity contribution in [2.24, 2.45) is 5.73 Å². The van der Waals surface area contributed by atoms with Gasteiger partial charge < -0.3 is 25.6 Å². The highest BCUT2D eigenvalue weighted by molar-refractivity contribution is 5.96. The fourth-order valence-electron chi connectivity index (χ4n) is 4.24. The number of cyclic esters (lactones) is 1. The van der Waals surface area contributed by atoms with Gasteiger partial charge in [0.25, 0.3) is 0 Å². The van der Waals surface area contributed by atoms with E-state index in [1.807, 2.05) is 26.0 Å². The van der Waals surface area contributed by atoms with Gasteiger partial charge in [0.05, 0.1) is 0 Å². The maximum atomic E-state index is 13.1. The first-order chi connectivity index (χ1) is 15.3. The van der Waals surface area contributed by atoms with E-state index in [1.165, 1.54) is 0 Å². The molecule has 4 N–H and O–H groups in total. The predicted molar refractivity (Wildman–Crippen MR) is 122 cm³/mol. The summed E-state index contributed by atoms with van der Waals surface area (Å²) in [6.45, 7) is 4.26. The molecule has 3 rings (SSSR count). The van der Waals surface area contributed by atoms with E-state index in [0.717, 1.165) is 12.0 Å². The molecule has 0 aromatic heterocycles. The number of benzene rings is 2. The second-order valence-corrected chi connectivity index (χ2v) is 8.12. The molecule has 0 spiro atoms. The second-order valence-electron chi connectivity index (χ2n) is 8.12. The monoisotopic (exact) mass is 438 g/mol. The normalized spacial score (nSPS) is 18.4. The molecule has 0 aliphatic carbocycles. The zero-order chi connectivity index (χ0) is 23.3. The average molecular weight is 439 g/mol. The van der Waals surface area contributed by atoms with Gasteiger partial charge in [-0.2, -0.15) is 0 Å². The second kappa shape index (κ2) is 9.77. The van der Waals surface area contributed by atoms with Crippen LogP contribution < -0.4 is 10.6 Å². The van der Waals surface area contributed by atoms with Gasteiger partial charge in [-0.3, -0.25) is 4.79 Å². The quantitative estimate of drug-likeness (QED) is 0.506. The van der Waals surface area contributed by atoms with Crippen molar-refractivity contribution >= 4 is 17.6 Å². The number of carbonyl (C=O) groups is 2. The third-order valence-corrected chi connectivity index (χ3v) is 5.81. The van der Waals surface area contributed by atoms with Crippen LogP contribution in [-0.4, -0.2) is 34.2 Å². The summed E-state index contributed by atoms with van der Waals surface area (Å²) in [5.41, 5.74) is 6.59. The van der Waals surface area contributed by atoms with Crippen LogP contribution in [0.4, 0.5) is 5.69 Å². The molecule has 1 amide bonds. The van der Waals surface area contributed by atoms with Crippen LogP contribution in [0.25, 0.3) is 0 Å². The van der Waals surface area contributed by atoms with Crippen LogP contribution in [0.3, 0.4) is 0 Å². The van der Waals surface area contributed by atoms with Crippen LogP contribution in [-0.2, 0) is 16.0 Å². The molecule has 1 atom stereocenters. The molecule has 0 saturated heterocycles. The van der Waals surface area contributed by atoms with Gasteiger partial charge in [0, 0.05) is 24.2 Å². The van der Waals surface area contributed by atoms with Gasteiger partial charge in [-0.1, -0.05) is 31.5 Å². The highest BCUT2D eigenvalue weighted by atomic mass is 16.6. The van der Waals surface area contributed by atoms with E-state index in [1.54, 1.807) is 41.3 Å². The minimum Gasteiger partial charge on any atom is -0.510 e. The third kappa shape index (κ3) is 5.04. The number of hydrogen-bond acceptors (Lipinski definition) is 6. The Morgan fingerprint density at radius 3 is 2.44 bits per heavy atom. The smallest absolute Gasteiger partial charge is 0.359 e. The number of aryl methyl sites for hydroxylation is 1. The Kier molecular flexibility index (Phi) is 7.08. The zero-order valence-electron chi connectivity index (χ0n) is 18.5. The predicted octanol–water partition coefficient (Wildman–Crippen LogP) is 4.21. The Balaban J connectivity index is 1.88. The molecule has 2 aromatic carbocycles. The van der Waals surface area contributed by atoms with Gasteiger partial charge >= 0.3 is 5.97 Å². The lowest BCUT2D eigenvalue weighted by Crippen LogP contribution is -2.44. The molecule has 7 heteroatoms. The summed E-state index contributed by atoms with van der Waals surface area (Å²) in [5, 5.41) is 20.5. The number of primary amides is 1. The van der Waals surface area contributed by atoms with Crippen molar-refractivity contribution in [2.45, 2.75) is 51.6 Å². The molecule has 170 valence electrons. The maximum Gasteiger partial charge on any atom is 0.359 e. The van der Waals surface area contributed by atoms with Crippen LogP contribution in [0.2, 0.25) is 0 Å². The van der Waals surface area contributed by atoms with Crippen LogP contribution in [0.5, 0.6) is 5.75 Å². The highest BCUT2D eigenvalue weighted by Gasteiger charge is 2.42. The van der Waals surface area contributed by atoms with Gasteiger partial charge in [0.15, 0.2) is 5.70 Å². The van der Waals surface area contributed by atoms with E-state index in [2.05, 4.69) is 0 Å². The van der Waals surface area contributed by atoms with Crippen molar-refractivity contribution in [1.29, 1.82) is 0 Å². The van der Waals surface area contributed by atoms with Gasteiger partial charge in [-0.15, -0.1) is 0 Å². The summed E-state index contributed by atoms with van der Waals surface area (Å²) in [6, 6.07) is 13.6. The fraction of sp³-hybridized carbons (Fsp3) is 0.360. The molecule has 0 saturated carbocycles. The summed E-state index contributed by atoms with van der Waals surface area (Å²) >= 11 is 0.